The number of unbranched alkanes of at least 4 members (excludes halogenated alkanes) is 2. The fourth-order valence-corrected chi connectivity index (χ4v) is 1.58. The van der Waals surface area contributed by atoms with Crippen molar-refractivity contribution >= 4 is 11.6 Å². The number of halogens is 2. The summed E-state index contributed by atoms with van der Waals surface area (Å²) in [5, 5.41) is 14.3. The second kappa shape index (κ2) is 8.63. The molecule has 0 atom stereocenters. The average Bonchev–Trinajstić information content (AvgIpc) is 2.39. The van der Waals surface area contributed by atoms with E-state index in [1.165, 1.54) is 0 Å². The van der Waals surface area contributed by atoms with E-state index in [2.05, 4.69) is 15.6 Å². The highest BCUT2D eigenvalue weighted by atomic mass is 19.1. The zero-order chi connectivity index (χ0) is 14.1. The van der Waals surface area contributed by atoms with E-state index in [1.807, 2.05) is 6.92 Å². The van der Waals surface area contributed by atoms with Crippen LogP contribution in [0, 0.1) is 11.6 Å². The monoisotopic (exact) mass is 273 g/mol. The second-order valence-corrected chi connectivity index (χ2v) is 4.29. The lowest BCUT2D eigenvalue weighted by molar-refractivity contribution is 0.283. The van der Waals surface area contributed by atoms with E-state index in [1.54, 1.807) is 0 Å². The maximum Gasteiger partial charge on any atom is 0.168 e. The van der Waals surface area contributed by atoms with E-state index in [9.17, 15) is 8.78 Å². The van der Waals surface area contributed by atoms with Gasteiger partial charge >= 0.3 is 0 Å². The van der Waals surface area contributed by atoms with Gasteiger partial charge < -0.3 is 15.7 Å². The van der Waals surface area contributed by atoms with Crippen LogP contribution >= 0.6 is 0 Å². The van der Waals surface area contributed by atoms with E-state index in [-0.39, 0.29) is 18.2 Å². The summed E-state index contributed by atoms with van der Waals surface area (Å²) in [6.07, 6.45) is 3.22. The molecule has 0 bridgehead atoms. The normalized spacial score (nSPS) is 10.5. The predicted molar refractivity (Wildman–Crippen MR) is 72.4 cm³/mol. The highest BCUT2D eigenvalue weighted by molar-refractivity contribution is 5.47. The van der Waals surface area contributed by atoms with Gasteiger partial charge in [-0.2, -0.15) is 0 Å². The maximum atomic E-state index is 13.5. The molecule has 0 saturated carbocycles. The lowest BCUT2D eigenvalue weighted by Gasteiger charge is -2.10. The van der Waals surface area contributed by atoms with Gasteiger partial charge in [0, 0.05) is 25.8 Å². The molecule has 19 heavy (non-hydrogen) atoms. The van der Waals surface area contributed by atoms with E-state index >= 15 is 0 Å². The van der Waals surface area contributed by atoms with Crippen LogP contribution in [0.2, 0.25) is 0 Å². The number of anilines is 2. The molecule has 0 aliphatic rings. The molecular formula is C13H21F2N3O. The second-order valence-electron chi connectivity index (χ2n) is 4.29. The molecular weight excluding hydrogens is 252 g/mol. The Morgan fingerprint density at radius 2 is 1.68 bits per heavy atom. The molecule has 3 N–H and O–H groups in total. The third-order valence-electron chi connectivity index (χ3n) is 2.60. The summed E-state index contributed by atoms with van der Waals surface area (Å²) in [5.74, 6) is -1.25. The minimum Gasteiger partial charge on any atom is -0.396 e. The SMILES string of the molecule is CCCNc1nc(NCCCCCO)c(F)cc1F. The van der Waals surface area contributed by atoms with Crippen LogP contribution in [0.1, 0.15) is 32.6 Å². The highest BCUT2D eigenvalue weighted by Crippen LogP contribution is 2.19. The summed E-state index contributed by atoms with van der Waals surface area (Å²) >= 11 is 0. The van der Waals surface area contributed by atoms with Gasteiger partial charge in [0.1, 0.15) is 0 Å². The minimum absolute atomic E-state index is 0.0593. The Hall–Kier alpha value is -1.43. The smallest absolute Gasteiger partial charge is 0.168 e. The Morgan fingerprint density at radius 3 is 2.26 bits per heavy atom. The first kappa shape index (κ1) is 15.6. The summed E-state index contributed by atoms with van der Waals surface area (Å²) in [4.78, 5) is 3.91. The highest BCUT2D eigenvalue weighted by Gasteiger charge is 2.10. The first-order valence-electron chi connectivity index (χ1n) is 6.63. The summed E-state index contributed by atoms with van der Waals surface area (Å²) in [6.45, 7) is 3.25. The van der Waals surface area contributed by atoms with E-state index in [0.29, 0.717) is 13.1 Å². The van der Waals surface area contributed by atoms with Crippen molar-refractivity contribution in [1.29, 1.82) is 0 Å². The Bertz CT molecular complexity index is 388. The molecule has 0 aliphatic heterocycles. The van der Waals surface area contributed by atoms with Crippen LogP contribution in [0.3, 0.4) is 0 Å². The molecule has 0 radical (unpaired) electrons. The third kappa shape index (κ3) is 5.38. The van der Waals surface area contributed by atoms with Gasteiger partial charge in [-0.05, 0) is 25.7 Å². The third-order valence-corrected chi connectivity index (χ3v) is 2.60. The Morgan fingerprint density at radius 1 is 1.05 bits per heavy atom. The molecule has 1 rings (SSSR count). The van der Waals surface area contributed by atoms with Crippen molar-refractivity contribution in [3.8, 4) is 0 Å². The van der Waals surface area contributed by atoms with E-state index in [4.69, 9.17) is 5.11 Å². The summed E-state index contributed by atoms with van der Waals surface area (Å²) in [6, 6.07) is 0.834. The van der Waals surface area contributed by atoms with Crippen LogP contribution in [0.5, 0.6) is 0 Å². The first-order valence-corrected chi connectivity index (χ1v) is 6.63. The van der Waals surface area contributed by atoms with Gasteiger partial charge in [0.15, 0.2) is 23.3 Å². The summed E-state index contributed by atoms with van der Waals surface area (Å²) < 4.78 is 26.9. The number of nitrogens with zero attached hydrogens (tertiary/aromatic N) is 1. The molecule has 1 heterocycles. The van der Waals surface area contributed by atoms with Gasteiger partial charge in [0.05, 0.1) is 0 Å². The topological polar surface area (TPSA) is 57.2 Å². The molecule has 0 aliphatic carbocycles. The number of nitrogens with one attached hydrogen (secondary N) is 2. The van der Waals surface area contributed by atoms with Gasteiger partial charge in [-0.3, -0.25) is 0 Å². The number of hydrogen-bond donors (Lipinski definition) is 3. The molecule has 0 fully saturated rings. The molecule has 0 saturated heterocycles. The van der Waals surface area contributed by atoms with Gasteiger partial charge in [-0.15, -0.1) is 0 Å². The van der Waals surface area contributed by atoms with E-state index in [0.717, 1.165) is 31.7 Å². The number of aromatic nitrogens is 1. The quantitative estimate of drug-likeness (QED) is 0.606. The number of aliphatic hydroxyl groups excluding tert-OH is 1. The van der Waals surface area contributed by atoms with Crippen LogP contribution in [0.25, 0.3) is 0 Å². The number of pyridine rings is 1. The van der Waals surface area contributed by atoms with Crippen LogP contribution in [0.15, 0.2) is 6.07 Å². The zero-order valence-corrected chi connectivity index (χ0v) is 11.2. The molecule has 4 nitrogen and oxygen atoms in total. The molecule has 0 spiro atoms. The maximum absolute atomic E-state index is 13.5. The lowest BCUT2D eigenvalue weighted by atomic mass is 10.2. The Labute approximate surface area is 112 Å². The number of aliphatic hydroxyl groups is 1. The zero-order valence-electron chi connectivity index (χ0n) is 11.2. The van der Waals surface area contributed by atoms with Crippen LogP contribution in [-0.4, -0.2) is 29.8 Å². The molecule has 1 aromatic heterocycles. The van der Waals surface area contributed by atoms with Crippen LogP contribution in [0.4, 0.5) is 20.4 Å². The molecule has 0 amide bonds. The molecule has 6 heteroatoms. The first-order chi connectivity index (χ1) is 9.19. The summed E-state index contributed by atoms with van der Waals surface area (Å²) in [7, 11) is 0. The largest absolute Gasteiger partial charge is 0.396 e. The van der Waals surface area contributed by atoms with Crippen molar-refractivity contribution in [2.24, 2.45) is 0 Å². The minimum atomic E-state index is -0.693. The number of hydrogen-bond acceptors (Lipinski definition) is 4. The van der Waals surface area contributed by atoms with Gasteiger partial charge in [0.2, 0.25) is 0 Å². The fourth-order valence-electron chi connectivity index (χ4n) is 1.58. The fraction of sp³-hybridized carbons (Fsp3) is 0.615. The Balaban J connectivity index is 2.56. The lowest BCUT2D eigenvalue weighted by Crippen LogP contribution is -2.10. The van der Waals surface area contributed by atoms with Crippen molar-refractivity contribution in [3.05, 3.63) is 17.7 Å². The number of rotatable bonds is 9. The van der Waals surface area contributed by atoms with Gasteiger partial charge in [-0.25, -0.2) is 13.8 Å². The van der Waals surface area contributed by atoms with Crippen molar-refractivity contribution in [1.82, 2.24) is 4.98 Å². The summed E-state index contributed by atoms with van der Waals surface area (Å²) in [5.41, 5.74) is 0. The van der Waals surface area contributed by atoms with Crippen molar-refractivity contribution in [3.63, 3.8) is 0 Å². The van der Waals surface area contributed by atoms with Crippen molar-refractivity contribution in [2.45, 2.75) is 32.6 Å². The average molecular weight is 273 g/mol. The van der Waals surface area contributed by atoms with Crippen molar-refractivity contribution in [2.75, 3.05) is 30.3 Å². The van der Waals surface area contributed by atoms with Crippen LogP contribution < -0.4 is 10.6 Å². The predicted octanol–water partition coefficient (Wildman–Crippen LogP) is 2.76. The van der Waals surface area contributed by atoms with Gasteiger partial charge in [0.25, 0.3) is 0 Å². The standard InChI is InChI=1S/C13H21F2N3O/c1-2-6-16-12-10(14)9-11(15)13(18-12)17-7-4-3-5-8-19/h9,19H,2-8H2,1H3,(H2,16,17,18). The molecule has 108 valence electrons. The molecule has 0 aromatic carbocycles. The van der Waals surface area contributed by atoms with Crippen LogP contribution in [-0.2, 0) is 0 Å². The molecule has 1 aromatic rings. The van der Waals surface area contributed by atoms with Crippen molar-refractivity contribution < 1.29 is 13.9 Å². The molecule has 0 unspecified atom stereocenters. The van der Waals surface area contributed by atoms with E-state index < -0.39 is 11.6 Å². The Kier molecular flexibility index (Phi) is 7.10. The van der Waals surface area contributed by atoms with Gasteiger partial charge in [-0.1, -0.05) is 6.92 Å².